The second kappa shape index (κ2) is 8.08. The van der Waals surface area contributed by atoms with Gasteiger partial charge in [0, 0.05) is 12.6 Å². The van der Waals surface area contributed by atoms with Gasteiger partial charge in [0.05, 0.1) is 6.54 Å². The molecule has 0 bridgehead atoms. The molecule has 0 saturated carbocycles. The summed E-state index contributed by atoms with van der Waals surface area (Å²) in [4.78, 5) is 25.2. The number of carbonyl (C=O) groups is 2. The van der Waals surface area contributed by atoms with Gasteiger partial charge < -0.3 is 5.32 Å². The summed E-state index contributed by atoms with van der Waals surface area (Å²) in [7, 11) is 0. The van der Waals surface area contributed by atoms with Crippen LogP contribution in [0.5, 0.6) is 0 Å². The zero-order chi connectivity index (χ0) is 13.4. The van der Waals surface area contributed by atoms with Gasteiger partial charge in [0.15, 0.2) is 0 Å². The zero-order valence-electron chi connectivity index (χ0n) is 11.5. The lowest BCUT2D eigenvalue weighted by molar-refractivity contribution is -0.122. The monoisotopic (exact) mass is 255 g/mol. The number of likely N-dealkylation sites (tertiary alicyclic amines) is 1. The van der Waals surface area contributed by atoms with Crippen molar-refractivity contribution in [1.29, 1.82) is 0 Å². The van der Waals surface area contributed by atoms with Crippen molar-refractivity contribution >= 4 is 11.9 Å². The summed E-state index contributed by atoms with van der Waals surface area (Å²) in [6.07, 6.45) is 5.47. The van der Waals surface area contributed by atoms with E-state index in [0.717, 1.165) is 32.2 Å². The molecule has 0 aromatic carbocycles. The summed E-state index contributed by atoms with van der Waals surface area (Å²) < 4.78 is 0. The van der Waals surface area contributed by atoms with Crippen LogP contribution in [0.1, 0.15) is 46.0 Å². The largest absolute Gasteiger partial charge is 0.338 e. The fourth-order valence-corrected chi connectivity index (χ4v) is 2.17. The minimum atomic E-state index is -0.377. The van der Waals surface area contributed by atoms with Crippen molar-refractivity contribution in [1.82, 2.24) is 15.5 Å². The van der Waals surface area contributed by atoms with Gasteiger partial charge in [-0.15, -0.1) is 0 Å². The zero-order valence-corrected chi connectivity index (χ0v) is 11.5. The van der Waals surface area contributed by atoms with Gasteiger partial charge in [-0.05, 0) is 32.7 Å². The van der Waals surface area contributed by atoms with Gasteiger partial charge in [0.2, 0.25) is 5.91 Å². The van der Waals surface area contributed by atoms with Crippen LogP contribution in [0.4, 0.5) is 4.79 Å². The summed E-state index contributed by atoms with van der Waals surface area (Å²) in [6, 6.07) is 0.0609. The quantitative estimate of drug-likeness (QED) is 0.732. The van der Waals surface area contributed by atoms with Gasteiger partial charge in [-0.3, -0.25) is 15.0 Å². The van der Waals surface area contributed by atoms with Crippen LogP contribution in [0.15, 0.2) is 0 Å². The standard InChI is InChI=1S/C13H25N3O2/c1-3-4-8-14-13(18)15-12(17)10-16-9-6-5-7-11(16)2/h11H,3-10H2,1-2H3,(H2,14,15,17,18)/t11-/m1/s1. The third-order valence-corrected chi connectivity index (χ3v) is 3.36. The van der Waals surface area contributed by atoms with E-state index in [2.05, 4.69) is 29.4 Å². The number of nitrogens with one attached hydrogen (secondary N) is 2. The van der Waals surface area contributed by atoms with Crippen molar-refractivity contribution in [2.45, 2.75) is 52.0 Å². The number of imide groups is 1. The number of hydrogen-bond donors (Lipinski definition) is 2. The van der Waals surface area contributed by atoms with E-state index < -0.39 is 0 Å². The maximum Gasteiger partial charge on any atom is 0.321 e. The molecule has 18 heavy (non-hydrogen) atoms. The van der Waals surface area contributed by atoms with Crippen molar-refractivity contribution in [2.75, 3.05) is 19.6 Å². The molecule has 5 heteroatoms. The molecule has 3 amide bonds. The predicted molar refractivity (Wildman–Crippen MR) is 71.3 cm³/mol. The van der Waals surface area contributed by atoms with E-state index >= 15 is 0 Å². The van der Waals surface area contributed by atoms with Gasteiger partial charge in [-0.2, -0.15) is 0 Å². The van der Waals surface area contributed by atoms with Crippen LogP contribution in [0.25, 0.3) is 0 Å². The van der Waals surface area contributed by atoms with Gasteiger partial charge >= 0.3 is 6.03 Å². The number of hydrogen-bond acceptors (Lipinski definition) is 3. The first-order chi connectivity index (χ1) is 8.63. The van der Waals surface area contributed by atoms with E-state index in [-0.39, 0.29) is 11.9 Å². The number of rotatable bonds is 5. The van der Waals surface area contributed by atoms with Crippen LogP contribution < -0.4 is 10.6 Å². The Hall–Kier alpha value is -1.10. The Balaban J connectivity index is 2.21. The van der Waals surface area contributed by atoms with Gasteiger partial charge in [-0.25, -0.2) is 4.79 Å². The number of amides is 3. The Kier molecular flexibility index (Phi) is 6.72. The molecule has 1 rings (SSSR count). The SMILES string of the molecule is CCCCNC(=O)NC(=O)CN1CCCC[C@H]1C. The molecule has 0 aromatic heterocycles. The molecule has 1 heterocycles. The number of carbonyl (C=O) groups excluding carboxylic acids is 2. The predicted octanol–water partition coefficient (Wildman–Crippen LogP) is 1.49. The van der Waals surface area contributed by atoms with Crippen molar-refractivity contribution in [2.24, 2.45) is 0 Å². The highest BCUT2D eigenvalue weighted by atomic mass is 16.2. The fraction of sp³-hybridized carbons (Fsp3) is 0.846. The van der Waals surface area contributed by atoms with Crippen LogP contribution in [0.2, 0.25) is 0 Å². The van der Waals surface area contributed by atoms with Crippen LogP contribution in [0, 0.1) is 0 Å². The molecule has 5 nitrogen and oxygen atoms in total. The Bertz CT molecular complexity index is 281. The van der Waals surface area contributed by atoms with Gasteiger partial charge in [-0.1, -0.05) is 19.8 Å². The maximum absolute atomic E-state index is 11.7. The average molecular weight is 255 g/mol. The van der Waals surface area contributed by atoms with Crippen molar-refractivity contribution in [3.63, 3.8) is 0 Å². The minimum absolute atomic E-state index is 0.210. The molecular formula is C13H25N3O2. The average Bonchev–Trinajstić information content (AvgIpc) is 2.32. The molecule has 2 N–H and O–H groups in total. The molecule has 104 valence electrons. The Morgan fingerprint density at radius 3 is 2.78 bits per heavy atom. The van der Waals surface area contributed by atoms with Crippen LogP contribution in [0.3, 0.4) is 0 Å². The minimum Gasteiger partial charge on any atom is -0.338 e. The molecule has 0 spiro atoms. The van der Waals surface area contributed by atoms with Crippen molar-refractivity contribution < 1.29 is 9.59 Å². The number of unbranched alkanes of at least 4 members (excludes halogenated alkanes) is 1. The van der Waals surface area contributed by atoms with E-state index in [1.165, 1.54) is 6.42 Å². The summed E-state index contributed by atoms with van der Waals surface area (Å²) in [5.41, 5.74) is 0. The second-order valence-corrected chi connectivity index (χ2v) is 4.97. The molecular weight excluding hydrogens is 230 g/mol. The molecule has 1 fully saturated rings. The van der Waals surface area contributed by atoms with Gasteiger partial charge in [0.1, 0.15) is 0 Å². The highest BCUT2D eigenvalue weighted by Crippen LogP contribution is 2.15. The molecule has 1 aliphatic heterocycles. The first-order valence-electron chi connectivity index (χ1n) is 6.95. The molecule has 1 saturated heterocycles. The van der Waals surface area contributed by atoms with E-state index in [1.54, 1.807) is 0 Å². The van der Waals surface area contributed by atoms with Crippen molar-refractivity contribution in [3.05, 3.63) is 0 Å². The van der Waals surface area contributed by atoms with E-state index in [4.69, 9.17) is 0 Å². The summed E-state index contributed by atoms with van der Waals surface area (Å²) in [5, 5.41) is 5.05. The molecule has 0 radical (unpaired) electrons. The molecule has 0 unspecified atom stereocenters. The van der Waals surface area contributed by atoms with Crippen LogP contribution >= 0.6 is 0 Å². The first kappa shape index (κ1) is 15.0. The lowest BCUT2D eigenvalue weighted by Crippen LogP contribution is -2.48. The molecule has 1 aliphatic rings. The normalized spacial score (nSPS) is 20.4. The lowest BCUT2D eigenvalue weighted by atomic mass is 10.0. The topological polar surface area (TPSA) is 61.4 Å². The number of piperidine rings is 1. The smallest absolute Gasteiger partial charge is 0.321 e. The highest BCUT2D eigenvalue weighted by molar-refractivity contribution is 5.95. The van der Waals surface area contributed by atoms with E-state index in [1.807, 2.05) is 0 Å². The van der Waals surface area contributed by atoms with Gasteiger partial charge in [0.25, 0.3) is 0 Å². The highest BCUT2D eigenvalue weighted by Gasteiger charge is 2.21. The molecule has 0 aromatic rings. The van der Waals surface area contributed by atoms with Crippen LogP contribution in [-0.4, -0.2) is 42.5 Å². The lowest BCUT2D eigenvalue weighted by Gasteiger charge is -2.32. The van der Waals surface area contributed by atoms with E-state index in [0.29, 0.717) is 19.1 Å². The molecule has 1 atom stereocenters. The number of nitrogens with zero attached hydrogens (tertiary/aromatic N) is 1. The first-order valence-corrected chi connectivity index (χ1v) is 6.95. The molecule has 0 aliphatic carbocycles. The third kappa shape index (κ3) is 5.49. The summed E-state index contributed by atoms with van der Waals surface area (Å²) in [5.74, 6) is -0.210. The Morgan fingerprint density at radius 1 is 1.33 bits per heavy atom. The summed E-state index contributed by atoms with van der Waals surface area (Å²) in [6.45, 7) is 6.08. The Labute approximate surface area is 109 Å². The van der Waals surface area contributed by atoms with E-state index in [9.17, 15) is 9.59 Å². The summed E-state index contributed by atoms with van der Waals surface area (Å²) >= 11 is 0. The van der Waals surface area contributed by atoms with Crippen molar-refractivity contribution in [3.8, 4) is 0 Å². The second-order valence-electron chi connectivity index (χ2n) is 4.97. The fourth-order valence-electron chi connectivity index (χ4n) is 2.17. The van der Waals surface area contributed by atoms with Crippen LogP contribution in [-0.2, 0) is 4.79 Å². The number of urea groups is 1. The Morgan fingerprint density at radius 2 is 2.11 bits per heavy atom. The maximum atomic E-state index is 11.7. The third-order valence-electron chi connectivity index (χ3n) is 3.36.